The highest BCUT2D eigenvalue weighted by molar-refractivity contribution is 8.14. The maximum atomic E-state index is 4.60. The van der Waals surface area contributed by atoms with Gasteiger partial charge < -0.3 is 5.32 Å². The fraction of sp³-hybridized carbons (Fsp3) is 0.545. The average molecular weight is 240 g/mol. The zero-order valence-electron chi connectivity index (χ0n) is 9.33. The summed E-state index contributed by atoms with van der Waals surface area (Å²) < 4.78 is 0. The molecule has 1 aliphatic rings. The summed E-state index contributed by atoms with van der Waals surface area (Å²) in [6.07, 6.45) is 0. The lowest BCUT2D eigenvalue weighted by atomic mass is 10.1. The highest BCUT2D eigenvalue weighted by Gasteiger charge is 2.26. The van der Waals surface area contributed by atoms with E-state index in [1.807, 2.05) is 11.8 Å². The minimum absolute atomic E-state index is 0.202. The fourth-order valence-corrected chi connectivity index (χ4v) is 3.32. The molecule has 1 N–H and O–H groups in total. The van der Waals surface area contributed by atoms with Crippen molar-refractivity contribution in [3.8, 4) is 0 Å². The van der Waals surface area contributed by atoms with Crippen molar-refractivity contribution in [1.82, 2.24) is 5.32 Å². The smallest absolute Gasteiger partial charge is 0.157 e. The van der Waals surface area contributed by atoms with Gasteiger partial charge in [-0.25, -0.2) is 0 Å². The number of nitrogens with zero attached hydrogens (tertiary/aromatic N) is 1. The third-order valence-corrected chi connectivity index (χ3v) is 4.65. The zero-order valence-corrected chi connectivity index (χ0v) is 11.0. The van der Waals surface area contributed by atoms with Crippen molar-refractivity contribution in [3.63, 3.8) is 0 Å². The van der Waals surface area contributed by atoms with Crippen molar-refractivity contribution in [2.45, 2.75) is 32.9 Å². The van der Waals surface area contributed by atoms with Crippen molar-refractivity contribution in [3.05, 3.63) is 21.9 Å². The molecule has 0 bridgehead atoms. The zero-order chi connectivity index (χ0) is 10.9. The van der Waals surface area contributed by atoms with Crippen LogP contribution in [-0.4, -0.2) is 16.5 Å². The van der Waals surface area contributed by atoms with E-state index in [0.717, 1.165) is 17.5 Å². The summed E-state index contributed by atoms with van der Waals surface area (Å²) in [7, 11) is 0. The minimum atomic E-state index is 0.202. The molecule has 2 rings (SSSR count). The molecule has 0 saturated carbocycles. The summed E-state index contributed by atoms with van der Waals surface area (Å²) in [6.45, 7) is 7.36. The Morgan fingerprint density at radius 2 is 2.27 bits per heavy atom. The summed E-state index contributed by atoms with van der Waals surface area (Å²) in [4.78, 5) is 4.60. The van der Waals surface area contributed by atoms with Gasteiger partial charge in [-0.2, -0.15) is 11.3 Å². The second-order valence-electron chi connectivity index (χ2n) is 4.50. The van der Waals surface area contributed by atoms with E-state index in [4.69, 9.17) is 0 Å². The number of aryl methyl sites for hydroxylation is 1. The Hall–Kier alpha value is -0.480. The Bertz CT molecular complexity index is 380. The van der Waals surface area contributed by atoms with Gasteiger partial charge in [0.15, 0.2) is 5.17 Å². The van der Waals surface area contributed by atoms with Gasteiger partial charge in [0.2, 0.25) is 0 Å². The van der Waals surface area contributed by atoms with Gasteiger partial charge in [0, 0.05) is 11.3 Å². The van der Waals surface area contributed by atoms with E-state index in [1.54, 1.807) is 11.3 Å². The fourth-order valence-electron chi connectivity index (χ4n) is 1.40. The molecule has 2 heterocycles. The third-order valence-electron chi connectivity index (χ3n) is 2.37. The predicted molar refractivity (Wildman–Crippen MR) is 69.9 cm³/mol. The Kier molecular flexibility index (Phi) is 3.07. The summed E-state index contributed by atoms with van der Waals surface area (Å²) in [5, 5.41) is 8.88. The van der Waals surface area contributed by atoms with Crippen molar-refractivity contribution < 1.29 is 0 Å². The maximum Gasteiger partial charge on any atom is 0.157 e. The van der Waals surface area contributed by atoms with Crippen molar-refractivity contribution in [1.29, 1.82) is 0 Å². The van der Waals surface area contributed by atoms with E-state index < -0.39 is 0 Å². The van der Waals surface area contributed by atoms with E-state index in [1.165, 1.54) is 11.1 Å². The second kappa shape index (κ2) is 4.18. The number of amidine groups is 1. The van der Waals surface area contributed by atoms with Crippen LogP contribution in [-0.2, 0) is 6.54 Å². The van der Waals surface area contributed by atoms with Crippen LogP contribution in [0.2, 0.25) is 0 Å². The Morgan fingerprint density at radius 3 is 2.80 bits per heavy atom. The van der Waals surface area contributed by atoms with Crippen molar-refractivity contribution >= 4 is 28.3 Å². The average Bonchev–Trinajstić information content (AvgIpc) is 2.69. The SMILES string of the molecule is Cc1cscc1CN=C1NC(C)(C)CS1. The van der Waals surface area contributed by atoms with Gasteiger partial charge in [-0.3, -0.25) is 4.99 Å². The summed E-state index contributed by atoms with van der Waals surface area (Å²) in [5.74, 6) is 1.11. The topological polar surface area (TPSA) is 24.4 Å². The van der Waals surface area contributed by atoms with Crippen LogP contribution in [0.1, 0.15) is 25.0 Å². The molecule has 2 nitrogen and oxygen atoms in total. The molecule has 1 aromatic rings. The molecule has 0 radical (unpaired) electrons. The van der Waals surface area contributed by atoms with Gasteiger partial charge in [0.1, 0.15) is 0 Å². The third kappa shape index (κ3) is 2.75. The molecule has 0 amide bonds. The van der Waals surface area contributed by atoms with Gasteiger partial charge in [0.05, 0.1) is 6.54 Å². The quantitative estimate of drug-likeness (QED) is 0.859. The van der Waals surface area contributed by atoms with Crippen LogP contribution in [0.15, 0.2) is 15.8 Å². The lowest BCUT2D eigenvalue weighted by Gasteiger charge is -2.15. The molecule has 0 spiro atoms. The van der Waals surface area contributed by atoms with E-state index >= 15 is 0 Å². The van der Waals surface area contributed by atoms with Crippen LogP contribution >= 0.6 is 23.1 Å². The van der Waals surface area contributed by atoms with Crippen LogP contribution in [0.5, 0.6) is 0 Å². The van der Waals surface area contributed by atoms with Crippen molar-refractivity contribution in [2.75, 3.05) is 5.75 Å². The van der Waals surface area contributed by atoms with Gasteiger partial charge in [-0.15, -0.1) is 0 Å². The van der Waals surface area contributed by atoms with E-state index in [9.17, 15) is 0 Å². The number of thiophene rings is 1. The van der Waals surface area contributed by atoms with Gasteiger partial charge in [-0.05, 0) is 42.7 Å². The highest BCUT2D eigenvalue weighted by atomic mass is 32.2. The molecule has 1 saturated heterocycles. The Balaban J connectivity index is 1.99. The number of hydrogen-bond donors (Lipinski definition) is 1. The molecular weight excluding hydrogens is 224 g/mol. The number of thioether (sulfide) groups is 1. The molecule has 15 heavy (non-hydrogen) atoms. The van der Waals surface area contributed by atoms with Crippen molar-refractivity contribution in [2.24, 2.45) is 4.99 Å². The molecule has 1 aliphatic heterocycles. The first-order chi connectivity index (χ1) is 7.07. The summed E-state index contributed by atoms with van der Waals surface area (Å²) in [6, 6.07) is 0. The van der Waals surface area contributed by atoms with Crippen LogP contribution in [0.25, 0.3) is 0 Å². The molecule has 1 fully saturated rings. The monoisotopic (exact) mass is 240 g/mol. The minimum Gasteiger partial charge on any atom is -0.359 e. The Labute approximate surface area is 99.2 Å². The first-order valence-corrected chi connectivity index (χ1v) is 6.97. The summed E-state index contributed by atoms with van der Waals surface area (Å²) in [5.41, 5.74) is 2.90. The molecule has 0 unspecified atom stereocenters. The largest absolute Gasteiger partial charge is 0.359 e. The number of nitrogens with one attached hydrogen (secondary N) is 1. The van der Waals surface area contributed by atoms with Crippen LogP contribution < -0.4 is 5.32 Å². The van der Waals surface area contributed by atoms with Gasteiger partial charge in [0.25, 0.3) is 0 Å². The van der Waals surface area contributed by atoms with E-state index in [2.05, 4.69) is 41.8 Å². The molecule has 0 aromatic carbocycles. The first-order valence-electron chi connectivity index (χ1n) is 5.04. The van der Waals surface area contributed by atoms with Crippen LogP contribution in [0, 0.1) is 6.92 Å². The first kappa shape index (κ1) is 11.0. The number of aliphatic imine (C=N–C) groups is 1. The van der Waals surface area contributed by atoms with Crippen LogP contribution in [0.3, 0.4) is 0 Å². The molecule has 4 heteroatoms. The molecular formula is C11H16N2S2. The van der Waals surface area contributed by atoms with E-state index in [0.29, 0.717) is 0 Å². The molecule has 0 atom stereocenters. The standard InChI is InChI=1S/C11H16N2S2/c1-8-5-14-6-9(8)4-12-10-13-11(2,3)7-15-10/h5-6H,4,7H2,1-3H3,(H,12,13). The number of rotatable bonds is 2. The predicted octanol–water partition coefficient (Wildman–Crippen LogP) is 3.03. The van der Waals surface area contributed by atoms with Gasteiger partial charge >= 0.3 is 0 Å². The van der Waals surface area contributed by atoms with Gasteiger partial charge in [-0.1, -0.05) is 11.8 Å². The summed E-state index contributed by atoms with van der Waals surface area (Å²) >= 11 is 3.57. The maximum absolute atomic E-state index is 4.60. The van der Waals surface area contributed by atoms with E-state index in [-0.39, 0.29) is 5.54 Å². The second-order valence-corrected chi connectivity index (χ2v) is 6.21. The molecule has 1 aromatic heterocycles. The normalized spacial score (nSPS) is 21.9. The number of hydrogen-bond acceptors (Lipinski definition) is 3. The molecule has 0 aliphatic carbocycles. The Morgan fingerprint density at radius 1 is 1.47 bits per heavy atom. The lowest BCUT2D eigenvalue weighted by molar-refractivity contribution is 0.536. The van der Waals surface area contributed by atoms with Crippen LogP contribution in [0.4, 0.5) is 0 Å². The highest BCUT2D eigenvalue weighted by Crippen LogP contribution is 2.23. The molecule has 82 valence electrons. The lowest BCUT2D eigenvalue weighted by Crippen LogP contribution is -2.36.